The zero-order valence-corrected chi connectivity index (χ0v) is 13.7. The second kappa shape index (κ2) is 6.40. The highest BCUT2D eigenvalue weighted by atomic mass is 35.5. The van der Waals surface area contributed by atoms with Crippen molar-refractivity contribution >= 4 is 28.5 Å². The van der Waals surface area contributed by atoms with Crippen LogP contribution in [0.25, 0.3) is 10.9 Å². The smallest absolute Gasteiger partial charge is 0.416 e. The highest BCUT2D eigenvalue weighted by Gasteiger charge is 2.30. The van der Waals surface area contributed by atoms with Crippen molar-refractivity contribution in [2.24, 2.45) is 0 Å². The standard InChI is InChI=1S/C17H12ClF3N2O2/c1-25-16(24)12-6-7-14(18)15-13(12)8-22-23(15)9-10-2-4-11(5-3-10)17(19,20)21/h2-8H,9H2,1H3. The van der Waals surface area contributed by atoms with Gasteiger partial charge in [-0.3, -0.25) is 4.68 Å². The van der Waals surface area contributed by atoms with Crippen LogP contribution < -0.4 is 0 Å². The second-order valence-electron chi connectivity index (χ2n) is 5.35. The first-order valence-electron chi connectivity index (χ1n) is 7.19. The van der Waals surface area contributed by atoms with Crippen molar-refractivity contribution in [2.75, 3.05) is 7.11 Å². The third-order valence-corrected chi connectivity index (χ3v) is 4.08. The minimum Gasteiger partial charge on any atom is -0.465 e. The van der Waals surface area contributed by atoms with Crippen LogP contribution in [-0.2, 0) is 17.5 Å². The van der Waals surface area contributed by atoms with Crippen molar-refractivity contribution < 1.29 is 22.7 Å². The Hall–Kier alpha value is -2.54. The van der Waals surface area contributed by atoms with E-state index in [2.05, 4.69) is 5.10 Å². The second-order valence-corrected chi connectivity index (χ2v) is 5.75. The molecule has 0 N–H and O–H groups in total. The van der Waals surface area contributed by atoms with Gasteiger partial charge in [0.15, 0.2) is 0 Å². The molecule has 0 radical (unpaired) electrons. The number of hydrogen-bond acceptors (Lipinski definition) is 3. The number of ether oxygens (including phenoxy) is 1. The molecule has 4 nitrogen and oxygen atoms in total. The molecule has 0 aliphatic rings. The number of rotatable bonds is 3. The molecule has 0 saturated heterocycles. The van der Waals surface area contributed by atoms with Gasteiger partial charge in [-0.15, -0.1) is 0 Å². The van der Waals surface area contributed by atoms with Gasteiger partial charge in [-0.2, -0.15) is 18.3 Å². The minimum atomic E-state index is -4.38. The van der Waals surface area contributed by atoms with E-state index in [4.69, 9.17) is 16.3 Å². The highest BCUT2D eigenvalue weighted by Crippen LogP contribution is 2.30. The van der Waals surface area contributed by atoms with Crippen molar-refractivity contribution in [3.05, 3.63) is 64.3 Å². The molecule has 0 fully saturated rings. The van der Waals surface area contributed by atoms with Gasteiger partial charge in [0.1, 0.15) is 0 Å². The van der Waals surface area contributed by atoms with Gasteiger partial charge in [-0.25, -0.2) is 4.79 Å². The maximum Gasteiger partial charge on any atom is 0.416 e. The van der Waals surface area contributed by atoms with Gasteiger partial charge in [0.05, 0.1) is 41.5 Å². The van der Waals surface area contributed by atoms with Crippen LogP contribution in [0.4, 0.5) is 13.2 Å². The van der Waals surface area contributed by atoms with Crippen LogP contribution in [0.15, 0.2) is 42.6 Å². The lowest BCUT2D eigenvalue weighted by Crippen LogP contribution is -2.06. The third kappa shape index (κ3) is 3.32. The van der Waals surface area contributed by atoms with E-state index in [0.717, 1.165) is 12.1 Å². The van der Waals surface area contributed by atoms with E-state index in [0.29, 0.717) is 27.1 Å². The summed E-state index contributed by atoms with van der Waals surface area (Å²) in [6, 6.07) is 7.90. The van der Waals surface area contributed by atoms with Gasteiger partial charge in [-0.1, -0.05) is 23.7 Å². The molecule has 8 heteroatoms. The van der Waals surface area contributed by atoms with Gasteiger partial charge >= 0.3 is 12.1 Å². The molecule has 0 atom stereocenters. The Morgan fingerprint density at radius 2 is 1.88 bits per heavy atom. The van der Waals surface area contributed by atoms with Gasteiger partial charge in [0.2, 0.25) is 0 Å². The molecule has 130 valence electrons. The molecule has 0 unspecified atom stereocenters. The SMILES string of the molecule is COC(=O)c1ccc(Cl)c2c1cnn2Cc1ccc(C(F)(F)F)cc1. The van der Waals surface area contributed by atoms with Crippen LogP contribution in [0.3, 0.4) is 0 Å². The summed E-state index contributed by atoms with van der Waals surface area (Å²) in [7, 11) is 1.27. The number of benzene rings is 2. The number of fused-ring (bicyclic) bond motifs is 1. The Balaban J connectivity index is 1.98. The first kappa shape index (κ1) is 17.3. The molecule has 3 rings (SSSR count). The third-order valence-electron chi connectivity index (χ3n) is 3.77. The molecule has 1 heterocycles. The van der Waals surface area contributed by atoms with E-state index in [1.54, 1.807) is 12.1 Å². The van der Waals surface area contributed by atoms with E-state index < -0.39 is 17.7 Å². The predicted octanol–water partition coefficient (Wildman–Crippen LogP) is 4.54. The van der Waals surface area contributed by atoms with E-state index in [1.807, 2.05) is 0 Å². The van der Waals surface area contributed by atoms with Crippen LogP contribution in [-0.4, -0.2) is 22.9 Å². The van der Waals surface area contributed by atoms with Gasteiger partial charge in [0.25, 0.3) is 0 Å². The van der Waals surface area contributed by atoms with E-state index in [1.165, 1.54) is 30.1 Å². The molecule has 25 heavy (non-hydrogen) atoms. The molecular formula is C17H12ClF3N2O2. The molecule has 0 amide bonds. The Morgan fingerprint density at radius 3 is 2.48 bits per heavy atom. The predicted molar refractivity (Wildman–Crippen MR) is 86.6 cm³/mol. The molecule has 0 aliphatic carbocycles. The van der Waals surface area contributed by atoms with Crippen LogP contribution in [0.1, 0.15) is 21.5 Å². The molecule has 0 saturated carbocycles. The monoisotopic (exact) mass is 368 g/mol. The zero-order chi connectivity index (χ0) is 18.2. The fourth-order valence-electron chi connectivity index (χ4n) is 2.54. The summed E-state index contributed by atoms with van der Waals surface area (Å²) in [5.41, 5.74) is 0.746. The highest BCUT2D eigenvalue weighted by molar-refractivity contribution is 6.35. The molecule has 0 aliphatic heterocycles. The Morgan fingerprint density at radius 1 is 1.20 bits per heavy atom. The maximum atomic E-state index is 12.6. The van der Waals surface area contributed by atoms with E-state index in [9.17, 15) is 18.0 Å². The van der Waals surface area contributed by atoms with Crippen LogP contribution in [0.5, 0.6) is 0 Å². The average Bonchev–Trinajstić information content (AvgIpc) is 2.99. The number of alkyl halides is 3. The average molecular weight is 369 g/mol. The fourth-order valence-corrected chi connectivity index (χ4v) is 2.80. The Kier molecular flexibility index (Phi) is 4.43. The summed E-state index contributed by atoms with van der Waals surface area (Å²) in [6.45, 7) is 0.214. The quantitative estimate of drug-likeness (QED) is 0.637. The molecule has 2 aromatic carbocycles. The number of nitrogens with zero attached hydrogens (tertiary/aromatic N) is 2. The number of methoxy groups -OCH3 is 1. The molecule has 3 aromatic rings. The number of hydrogen-bond donors (Lipinski definition) is 0. The van der Waals surface area contributed by atoms with Crippen LogP contribution in [0, 0.1) is 0 Å². The number of aromatic nitrogens is 2. The van der Waals surface area contributed by atoms with Gasteiger partial charge < -0.3 is 4.74 Å². The fraction of sp³-hybridized carbons (Fsp3) is 0.176. The number of halogens is 4. The molecule has 1 aromatic heterocycles. The summed E-state index contributed by atoms with van der Waals surface area (Å²) in [4.78, 5) is 11.8. The largest absolute Gasteiger partial charge is 0.465 e. The maximum absolute atomic E-state index is 12.6. The lowest BCUT2D eigenvalue weighted by Gasteiger charge is -2.09. The van der Waals surface area contributed by atoms with Crippen LogP contribution in [0.2, 0.25) is 5.02 Å². The summed E-state index contributed by atoms with van der Waals surface area (Å²) < 4.78 is 44.2. The van der Waals surface area contributed by atoms with Crippen LogP contribution >= 0.6 is 11.6 Å². The Bertz CT molecular complexity index is 933. The summed E-state index contributed by atoms with van der Waals surface area (Å²) in [6.07, 6.45) is -2.90. The van der Waals surface area contributed by atoms with Gasteiger partial charge in [0, 0.05) is 5.39 Å². The lowest BCUT2D eigenvalue weighted by atomic mass is 10.1. The van der Waals surface area contributed by atoms with Crippen molar-refractivity contribution in [2.45, 2.75) is 12.7 Å². The number of carbonyl (C=O) groups excluding carboxylic acids is 1. The number of carbonyl (C=O) groups is 1. The summed E-state index contributed by atoms with van der Waals surface area (Å²) in [5, 5.41) is 5.10. The topological polar surface area (TPSA) is 44.1 Å². The Labute approximate surface area is 145 Å². The first-order valence-corrected chi connectivity index (χ1v) is 7.57. The first-order chi connectivity index (χ1) is 11.8. The van der Waals surface area contributed by atoms with Crippen molar-refractivity contribution in [3.63, 3.8) is 0 Å². The van der Waals surface area contributed by atoms with Gasteiger partial charge in [-0.05, 0) is 29.8 Å². The summed E-state index contributed by atoms with van der Waals surface area (Å²) in [5.74, 6) is -0.518. The molecular weight excluding hydrogens is 357 g/mol. The molecule has 0 bridgehead atoms. The lowest BCUT2D eigenvalue weighted by molar-refractivity contribution is -0.137. The zero-order valence-electron chi connectivity index (χ0n) is 13.0. The molecule has 0 spiro atoms. The van der Waals surface area contributed by atoms with Crippen molar-refractivity contribution in [3.8, 4) is 0 Å². The number of esters is 1. The van der Waals surface area contributed by atoms with E-state index >= 15 is 0 Å². The van der Waals surface area contributed by atoms with E-state index in [-0.39, 0.29) is 6.54 Å². The summed E-state index contributed by atoms with van der Waals surface area (Å²) >= 11 is 6.21. The van der Waals surface area contributed by atoms with Crippen molar-refractivity contribution in [1.29, 1.82) is 0 Å². The normalized spacial score (nSPS) is 11.7. The minimum absolute atomic E-state index is 0.214. The van der Waals surface area contributed by atoms with Crippen molar-refractivity contribution in [1.82, 2.24) is 9.78 Å².